The van der Waals surface area contributed by atoms with Gasteiger partial charge in [-0.05, 0) is 42.3 Å². The average Bonchev–Trinajstić information content (AvgIpc) is 3.00. The minimum absolute atomic E-state index is 0.184. The topological polar surface area (TPSA) is 29.5 Å². The third kappa shape index (κ3) is 4.30. The van der Waals surface area contributed by atoms with Gasteiger partial charge < -0.3 is 9.64 Å². The number of fused-ring (bicyclic) bond motifs is 1. The molecule has 0 N–H and O–H groups in total. The molecule has 1 aliphatic heterocycles. The number of carbonyl (C=O) groups is 1. The fourth-order valence-corrected chi connectivity index (χ4v) is 3.52. The maximum atomic E-state index is 12.3. The van der Waals surface area contributed by atoms with Crippen molar-refractivity contribution in [1.29, 1.82) is 0 Å². The molecule has 5 heteroatoms. The number of anilines is 1. The Kier molecular flexibility index (Phi) is 5.62. The van der Waals surface area contributed by atoms with Crippen LogP contribution in [0.4, 0.5) is 5.69 Å². The molecule has 1 aliphatic rings. The number of hydrogen-bond acceptors (Lipinski definition) is 3. The summed E-state index contributed by atoms with van der Waals surface area (Å²) in [7, 11) is 0. The second-order valence-corrected chi connectivity index (χ2v) is 7.30. The lowest BCUT2D eigenvalue weighted by molar-refractivity contribution is -0.116. The van der Waals surface area contributed by atoms with Gasteiger partial charge in [-0.1, -0.05) is 34.1 Å². The predicted octanol–water partition coefficient (Wildman–Crippen LogP) is 4.15. The summed E-state index contributed by atoms with van der Waals surface area (Å²) in [5.41, 5.74) is 2.34. The first kappa shape index (κ1) is 16.4. The smallest absolute Gasteiger partial charge is 0.236 e. The lowest BCUT2D eigenvalue weighted by Crippen LogP contribution is -2.30. The van der Waals surface area contributed by atoms with Gasteiger partial charge in [0, 0.05) is 22.5 Å². The van der Waals surface area contributed by atoms with Gasteiger partial charge in [-0.15, -0.1) is 11.8 Å². The highest BCUT2D eigenvalue weighted by atomic mass is 79.9. The van der Waals surface area contributed by atoms with Crippen LogP contribution in [-0.4, -0.2) is 30.6 Å². The Hall–Kier alpha value is -1.46. The Morgan fingerprint density at radius 2 is 1.96 bits per heavy atom. The van der Waals surface area contributed by atoms with Gasteiger partial charge in [-0.2, -0.15) is 0 Å². The van der Waals surface area contributed by atoms with Crippen LogP contribution in [-0.2, 0) is 11.2 Å². The van der Waals surface area contributed by atoms with Crippen LogP contribution in [0.2, 0.25) is 0 Å². The summed E-state index contributed by atoms with van der Waals surface area (Å²) in [4.78, 5) is 14.2. The molecule has 0 saturated carbocycles. The Morgan fingerprint density at radius 3 is 2.78 bits per heavy atom. The van der Waals surface area contributed by atoms with E-state index in [-0.39, 0.29) is 5.91 Å². The van der Waals surface area contributed by atoms with Crippen LogP contribution in [0.25, 0.3) is 0 Å². The van der Waals surface area contributed by atoms with Crippen molar-refractivity contribution in [2.24, 2.45) is 0 Å². The monoisotopic (exact) mass is 391 g/mol. The molecule has 0 fully saturated rings. The van der Waals surface area contributed by atoms with Crippen molar-refractivity contribution >= 4 is 39.3 Å². The molecule has 0 saturated heterocycles. The summed E-state index contributed by atoms with van der Waals surface area (Å²) in [6, 6.07) is 15.9. The van der Waals surface area contributed by atoms with Crippen LogP contribution in [0.3, 0.4) is 0 Å². The van der Waals surface area contributed by atoms with Gasteiger partial charge in [-0.25, -0.2) is 0 Å². The van der Waals surface area contributed by atoms with Crippen molar-refractivity contribution in [2.45, 2.75) is 6.42 Å². The molecule has 2 aromatic carbocycles. The molecule has 0 spiro atoms. The highest BCUT2D eigenvalue weighted by Crippen LogP contribution is 2.27. The second kappa shape index (κ2) is 7.88. The third-order valence-corrected chi connectivity index (χ3v) is 5.16. The van der Waals surface area contributed by atoms with Crippen LogP contribution >= 0.6 is 27.7 Å². The molecule has 0 atom stereocenters. The molecule has 0 aromatic heterocycles. The first-order valence-corrected chi connectivity index (χ1v) is 9.53. The van der Waals surface area contributed by atoms with Crippen LogP contribution < -0.4 is 9.64 Å². The standard InChI is InChI=1S/C18H18BrNO2S/c19-15-5-7-16(8-6-15)22-11-12-23-13-18(21)20-10-9-14-3-1-2-4-17(14)20/h1-8H,9-13H2. The molecule has 3 rings (SSSR count). The van der Waals surface area contributed by atoms with E-state index in [2.05, 4.69) is 22.0 Å². The third-order valence-electron chi connectivity index (χ3n) is 3.72. The number of benzene rings is 2. The fourth-order valence-electron chi connectivity index (χ4n) is 2.58. The van der Waals surface area contributed by atoms with Crippen LogP contribution in [0.1, 0.15) is 5.56 Å². The van der Waals surface area contributed by atoms with Crippen molar-refractivity contribution in [2.75, 3.05) is 29.6 Å². The molecule has 0 aliphatic carbocycles. The van der Waals surface area contributed by atoms with Gasteiger partial charge in [0.1, 0.15) is 5.75 Å². The number of carbonyl (C=O) groups excluding carboxylic acids is 1. The minimum Gasteiger partial charge on any atom is -0.493 e. The molecule has 0 unspecified atom stereocenters. The van der Waals surface area contributed by atoms with Crippen molar-refractivity contribution in [3.63, 3.8) is 0 Å². The van der Waals surface area contributed by atoms with Gasteiger partial charge in [0.05, 0.1) is 12.4 Å². The average molecular weight is 392 g/mol. The molecule has 0 bridgehead atoms. The Morgan fingerprint density at radius 1 is 1.17 bits per heavy atom. The maximum absolute atomic E-state index is 12.3. The largest absolute Gasteiger partial charge is 0.493 e. The van der Waals surface area contributed by atoms with E-state index < -0.39 is 0 Å². The maximum Gasteiger partial charge on any atom is 0.236 e. The second-order valence-electron chi connectivity index (χ2n) is 5.28. The molecule has 23 heavy (non-hydrogen) atoms. The number of halogens is 1. The van der Waals surface area contributed by atoms with Gasteiger partial charge in [0.15, 0.2) is 0 Å². The molecular formula is C18H18BrNO2S. The number of para-hydroxylation sites is 1. The van der Waals surface area contributed by atoms with E-state index in [9.17, 15) is 4.79 Å². The molecule has 120 valence electrons. The highest BCUT2D eigenvalue weighted by molar-refractivity contribution is 9.10. The molecule has 1 amide bonds. The lowest BCUT2D eigenvalue weighted by Gasteiger charge is -2.17. The fraction of sp³-hybridized carbons (Fsp3) is 0.278. The summed E-state index contributed by atoms with van der Waals surface area (Å²) in [5.74, 6) is 2.34. The Bertz CT molecular complexity index is 675. The predicted molar refractivity (Wildman–Crippen MR) is 99.5 cm³/mol. The first-order chi connectivity index (χ1) is 11.2. The van der Waals surface area contributed by atoms with Gasteiger partial charge in [-0.3, -0.25) is 4.79 Å². The number of rotatable bonds is 6. The zero-order chi connectivity index (χ0) is 16.1. The molecular weight excluding hydrogens is 374 g/mol. The van der Waals surface area contributed by atoms with Crippen molar-refractivity contribution < 1.29 is 9.53 Å². The van der Waals surface area contributed by atoms with Gasteiger partial charge in [0.2, 0.25) is 5.91 Å². The number of thioether (sulfide) groups is 1. The van der Waals surface area contributed by atoms with E-state index in [1.54, 1.807) is 11.8 Å². The first-order valence-electron chi connectivity index (χ1n) is 7.58. The van der Waals surface area contributed by atoms with Crippen LogP contribution in [0.5, 0.6) is 5.75 Å². The minimum atomic E-state index is 0.184. The van der Waals surface area contributed by atoms with Gasteiger partial charge >= 0.3 is 0 Å². The van der Waals surface area contributed by atoms with E-state index >= 15 is 0 Å². The summed E-state index contributed by atoms with van der Waals surface area (Å²) < 4.78 is 6.70. The summed E-state index contributed by atoms with van der Waals surface area (Å²) in [6.07, 6.45) is 0.958. The summed E-state index contributed by atoms with van der Waals surface area (Å²) in [6.45, 7) is 1.41. The Labute approximate surface area is 149 Å². The van der Waals surface area contributed by atoms with E-state index in [0.29, 0.717) is 12.4 Å². The number of ether oxygens (including phenoxy) is 1. The van der Waals surface area contributed by atoms with Gasteiger partial charge in [0.25, 0.3) is 0 Å². The summed E-state index contributed by atoms with van der Waals surface area (Å²) in [5, 5.41) is 0. The number of hydrogen-bond donors (Lipinski definition) is 0. The molecule has 0 radical (unpaired) electrons. The highest BCUT2D eigenvalue weighted by Gasteiger charge is 2.23. The number of nitrogens with zero attached hydrogens (tertiary/aromatic N) is 1. The molecule has 2 aromatic rings. The van der Waals surface area contributed by atoms with Crippen LogP contribution in [0.15, 0.2) is 53.0 Å². The van der Waals surface area contributed by atoms with E-state index in [1.165, 1.54) is 5.56 Å². The van der Waals surface area contributed by atoms with Crippen molar-refractivity contribution in [3.8, 4) is 5.75 Å². The van der Waals surface area contributed by atoms with E-state index in [1.807, 2.05) is 47.4 Å². The Balaban J connectivity index is 1.39. The zero-order valence-corrected chi connectivity index (χ0v) is 15.1. The summed E-state index contributed by atoms with van der Waals surface area (Å²) >= 11 is 5.02. The molecule has 1 heterocycles. The van der Waals surface area contributed by atoms with Crippen LogP contribution in [0, 0.1) is 0 Å². The number of amides is 1. The zero-order valence-electron chi connectivity index (χ0n) is 12.7. The van der Waals surface area contributed by atoms with Crippen molar-refractivity contribution in [1.82, 2.24) is 0 Å². The van der Waals surface area contributed by atoms with E-state index in [0.717, 1.165) is 34.6 Å². The normalized spacial score (nSPS) is 13.0. The van der Waals surface area contributed by atoms with Crippen molar-refractivity contribution in [3.05, 3.63) is 58.6 Å². The van der Waals surface area contributed by atoms with E-state index in [4.69, 9.17) is 4.74 Å². The quantitative estimate of drug-likeness (QED) is 0.692. The molecule has 3 nitrogen and oxygen atoms in total. The SMILES string of the molecule is O=C(CSCCOc1ccc(Br)cc1)N1CCc2ccccc21. The lowest BCUT2D eigenvalue weighted by atomic mass is 10.2.